The third-order valence-electron chi connectivity index (χ3n) is 3.70. The van der Waals surface area contributed by atoms with Gasteiger partial charge in [0, 0.05) is 12.3 Å². The van der Waals surface area contributed by atoms with E-state index in [0.717, 1.165) is 5.71 Å². The maximum Gasteiger partial charge on any atom is 0.389 e. The second kappa shape index (κ2) is 8.61. The van der Waals surface area contributed by atoms with Crippen molar-refractivity contribution in [1.29, 1.82) is 5.26 Å². The maximum absolute atomic E-state index is 12.1. The second-order valence-electron chi connectivity index (χ2n) is 5.41. The first-order valence-corrected chi connectivity index (χ1v) is 7.17. The SMILES string of the molecule is N#CC(CCCC(F)(F)F)C1CCC(=NOCC(=O)O)CC1. The number of hydrogen-bond acceptors (Lipinski definition) is 4. The predicted octanol–water partition coefficient (Wildman–Crippen LogP) is 3.51. The second-order valence-corrected chi connectivity index (χ2v) is 5.41. The Hall–Kier alpha value is -1.78. The number of alkyl halides is 3. The van der Waals surface area contributed by atoms with Crippen molar-refractivity contribution in [2.24, 2.45) is 17.0 Å². The molecule has 1 N–H and O–H groups in total. The molecule has 22 heavy (non-hydrogen) atoms. The van der Waals surface area contributed by atoms with E-state index in [4.69, 9.17) is 10.4 Å². The minimum absolute atomic E-state index is 0.0269. The molecule has 5 nitrogen and oxygen atoms in total. The Morgan fingerprint density at radius 1 is 1.45 bits per heavy atom. The fourth-order valence-electron chi connectivity index (χ4n) is 2.57. The third kappa shape index (κ3) is 7.29. The number of nitriles is 1. The van der Waals surface area contributed by atoms with Gasteiger partial charge in [-0.2, -0.15) is 18.4 Å². The number of rotatable bonds is 7. The zero-order valence-electron chi connectivity index (χ0n) is 12.1. The molecule has 0 amide bonds. The van der Waals surface area contributed by atoms with Gasteiger partial charge < -0.3 is 9.94 Å². The van der Waals surface area contributed by atoms with Crippen LogP contribution in [0.1, 0.15) is 44.9 Å². The average Bonchev–Trinajstić information content (AvgIpc) is 2.43. The first kappa shape index (κ1) is 18.3. The summed E-state index contributed by atoms with van der Waals surface area (Å²) in [6, 6.07) is 2.11. The number of aliphatic carboxylic acids is 1. The van der Waals surface area contributed by atoms with Crippen LogP contribution < -0.4 is 0 Å². The van der Waals surface area contributed by atoms with Crippen LogP contribution in [0, 0.1) is 23.2 Å². The van der Waals surface area contributed by atoms with Gasteiger partial charge in [0.2, 0.25) is 6.61 Å². The molecule has 0 aromatic heterocycles. The summed E-state index contributed by atoms with van der Waals surface area (Å²) >= 11 is 0. The Kier molecular flexibility index (Phi) is 7.15. The highest BCUT2D eigenvalue weighted by Gasteiger charge is 2.29. The van der Waals surface area contributed by atoms with E-state index < -0.39 is 25.2 Å². The molecule has 0 bridgehead atoms. The Labute approximate surface area is 126 Å². The van der Waals surface area contributed by atoms with Crippen LogP contribution in [0.25, 0.3) is 0 Å². The number of carboxylic acids is 1. The highest BCUT2D eigenvalue weighted by molar-refractivity contribution is 5.84. The average molecular weight is 320 g/mol. The van der Waals surface area contributed by atoms with E-state index in [-0.39, 0.29) is 24.7 Å². The fourth-order valence-corrected chi connectivity index (χ4v) is 2.57. The minimum Gasteiger partial charge on any atom is -0.479 e. The summed E-state index contributed by atoms with van der Waals surface area (Å²) in [5.41, 5.74) is 0.740. The summed E-state index contributed by atoms with van der Waals surface area (Å²) in [5.74, 6) is -1.41. The van der Waals surface area contributed by atoms with Crippen molar-refractivity contribution in [2.75, 3.05) is 6.61 Å². The molecule has 1 unspecified atom stereocenters. The van der Waals surface area contributed by atoms with Crippen molar-refractivity contribution < 1.29 is 27.9 Å². The highest BCUT2D eigenvalue weighted by atomic mass is 19.4. The van der Waals surface area contributed by atoms with Crippen molar-refractivity contribution in [3.8, 4) is 6.07 Å². The molecule has 0 aromatic rings. The molecule has 0 saturated heterocycles. The smallest absolute Gasteiger partial charge is 0.389 e. The van der Waals surface area contributed by atoms with Crippen LogP contribution in [0.2, 0.25) is 0 Å². The summed E-state index contributed by atoms with van der Waals surface area (Å²) in [6.07, 6.45) is -2.30. The van der Waals surface area contributed by atoms with E-state index in [1.807, 2.05) is 0 Å². The van der Waals surface area contributed by atoms with Gasteiger partial charge in [-0.05, 0) is 44.4 Å². The van der Waals surface area contributed by atoms with Crippen LogP contribution in [0.5, 0.6) is 0 Å². The van der Waals surface area contributed by atoms with Crippen LogP contribution in [0.3, 0.4) is 0 Å². The summed E-state index contributed by atoms with van der Waals surface area (Å²) in [6.45, 7) is -0.495. The summed E-state index contributed by atoms with van der Waals surface area (Å²) in [4.78, 5) is 14.9. The van der Waals surface area contributed by atoms with E-state index in [2.05, 4.69) is 16.1 Å². The van der Waals surface area contributed by atoms with E-state index in [9.17, 15) is 18.0 Å². The lowest BCUT2D eigenvalue weighted by molar-refractivity contribution is -0.142. The topological polar surface area (TPSA) is 82.7 Å². The van der Waals surface area contributed by atoms with Gasteiger partial charge in [-0.15, -0.1) is 0 Å². The Morgan fingerprint density at radius 3 is 2.59 bits per heavy atom. The van der Waals surface area contributed by atoms with Crippen LogP contribution in [-0.4, -0.2) is 29.6 Å². The van der Waals surface area contributed by atoms with Gasteiger partial charge in [0.25, 0.3) is 0 Å². The van der Waals surface area contributed by atoms with E-state index in [0.29, 0.717) is 25.7 Å². The van der Waals surface area contributed by atoms with E-state index in [1.54, 1.807) is 0 Å². The molecular formula is C14H19F3N2O3. The van der Waals surface area contributed by atoms with Gasteiger partial charge in [0.15, 0.2) is 0 Å². The molecule has 0 heterocycles. The molecule has 1 fully saturated rings. The summed E-state index contributed by atoms with van der Waals surface area (Å²) < 4.78 is 36.4. The molecule has 1 aliphatic rings. The number of oxime groups is 1. The molecular weight excluding hydrogens is 301 g/mol. The number of carbonyl (C=O) groups is 1. The standard InChI is InChI=1S/C14H19F3N2O3/c15-14(16,17)7-1-2-11(8-18)10-3-5-12(6-4-10)19-22-9-13(20)21/h10-11H,1-7,9H2,(H,20,21). The molecule has 1 aliphatic carbocycles. The van der Waals surface area contributed by atoms with Crippen LogP contribution in [-0.2, 0) is 9.63 Å². The van der Waals surface area contributed by atoms with Gasteiger partial charge >= 0.3 is 12.1 Å². The van der Waals surface area contributed by atoms with Crippen LogP contribution >= 0.6 is 0 Å². The highest BCUT2D eigenvalue weighted by Crippen LogP contribution is 2.33. The van der Waals surface area contributed by atoms with Crippen molar-refractivity contribution in [3.63, 3.8) is 0 Å². The van der Waals surface area contributed by atoms with Gasteiger partial charge in [-0.1, -0.05) is 5.16 Å². The molecule has 1 rings (SSSR count). The summed E-state index contributed by atoms with van der Waals surface area (Å²) in [5, 5.41) is 21.3. The minimum atomic E-state index is -4.17. The monoisotopic (exact) mass is 320 g/mol. The van der Waals surface area contributed by atoms with Crippen molar-refractivity contribution in [2.45, 2.75) is 51.1 Å². The molecule has 0 aliphatic heterocycles. The fraction of sp³-hybridized carbons (Fsp3) is 0.786. The number of hydrogen-bond donors (Lipinski definition) is 1. The van der Waals surface area contributed by atoms with Gasteiger partial charge in [0.05, 0.1) is 11.8 Å². The molecule has 0 aromatic carbocycles. The van der Waals surface area contributed by atoms with Gasteiger partial charge in [-0.3, -0.25) is 0 Å². The Morgan fingerprint density at radius 2 is 2.09 bits per heavy atom. The predicted molar refractivity (Wildman–Crippen MR) is 72.0 cm³/mol. The first-order chi connectivity index (χ1) is 10.3. The summed E-state index contributed by atoms with van der Waals surface area (Å²) in [7, 11) is 0. The first-order valence-electron chi connectivity index (χ1n) is 7.17. The van der Waals surface area contributed by atoms with Crippen LogP contribution in [0.15, 0.2) is 5.16 Å². The maximum atomic E-state index is 12.1. The van der Waals surface area contributed by atoms with Crippen molar-refractivity contribution in [3.05, 3.63) is 0 Å². The largest absolute Gasteiger partial charge is 0.479 e. The molecule has 8 heteroatoms. The quantitative estimate of drug-likeness (QED) is 0.728. The zero-order valence-corrected chi connectivity index (χ0v) is 12.1. The normalized spacial score (nSPS) is 20.1. The Bertz CT molecular complexity index is 434. The Balaban J connectivity index is 2.35. The van der Waals surface area contributed by atoms with Crippen molar-refractivity contribution in [1.82, 2.24) is 0 Å². The molecule has 0 spiro atoms. The van der Waals surface area contributed by atoms with E-state index in [1.165, 1.54) is 0 Å². The van der Waals surface area contributed by atoms with Gasteiger partial charge in [0.1, 0.15) is 0 Å². The molecule has 0 radical (unpaired) electrons. The van der Waals surface area contributed by atoms with Crippen LogP contribution in [0.4, 0.5) is 13.2 Å². The lowest BCUT2D eigenvalue weighted by atomic mass is 9.78. The number of carboxylic acid groups (broad SMARTS) is 1. The number of nitrogens with zero attached hydrogens (tertiary/aromatic N) is 2. The lowest BCUT2D eigenvalue weighted by Crippen LogP contribution is -2.22. The van der Waals surface area contributed by atoms with Gasteiger partial charge in [-0.25, -0.2) is 4.79 Å². The third-order valence-corrected chi connectivity index (χ3v) is 3.70. The molecule has 1 saturated carbocycles. The molecule has 1 atom stereocenters. The lowest BCUT2D eigenvalue weighted by Gasteiger charge is -2.26. The van der Waals surface area contributed by atoms with Crippen molar-refractivity contribution >= 4 is 11.7 Å². The van der Waals surface area contributed by atoms with E-state index >= 15 is 0 Å². The number of halogens is 3. The zero-order chi connectivity index (χ0) is 16.6. The molecule has 124 valence electrons.